The van der Waals surface area contributed by atoms with E-state index in [1.807, 2.05) is 30.2 Å². The minimum atomic E-state index is -0.427. The molecule has 10 heteroatoms. The molecule has 1 atom stereocenters. The minimum Gasteiger partial charge on any atom is -0.382 e. The van der Waals surface area contributed by atoms with Crippen molar-refractivity contribution in [2.45, 2.75) is 65.1 Å². The van der Waals surface area contributed by atoms with Gasteiger partial charge in [0.1, 0.15) is 0 Å². The van der Waals surface area contributed by atoms with Gasteiger partial charge in [0.05, 0.1) is 24.5 Å². The van der Waals surface area contributed by atoms with Gasteiger partial charge in [-0.05, 0) is 80.5 Å². The van der Waals surface area contributed by atoms with Gasteiger partial charge < -0.3 is 20.3 Å². The number of ether oxygens (including phenoxy) is 1. The van der Waals surface area contributed by atoms with Gasteiger partial charge in [-0.15, -0.1) is 0 Å². The first-order chi connectivity index (χ1) is 17.3. The SMILES string of the molecule is COCCONC(=O)N(Cc1ccsc1)C1CCN([C@H](C)CCc2cc(C)c(C(N)=O)c(C)n2)CC1. The third kappa shape index (κ3) is 7.73. The monoisotopic (exact) mass is 517 g/mol. The second kappa shape index (κ2) is 13.7. The summed E-state index contributed by atoms with van der Waals surface area (Å²) in [5.74, 6) is -0.427. The predicted molar refractivity (Wildman–Crippen MR) is 141 cm³/mol. The lowest BCUT2D eigenvalue weighted by molar-refractivity contribution is 0.00768. The lowest BCUT2D eigenvalue weighted by atomic mass is 9.99. The van der Waals surface area contributed by atoms with Crippen LogP contribution in [0.4, 0.5) is 4.79 Å². The van der Waals surface area contributed by atoms with Crippen molar-refractivity contribution < 1.29 is 19.2 Å². The molecule has 0 bridgehead atoms. The molecule has 0 aromatic carbocycles. The lowest BCUT2D eigenvalue weighted by Crippen LogP contribution is -2.51. The Bertz CT molecular complexity index is 969. The molecule has 3 heterocycles. The van der Waals surface area contributed by atoms with Gasteiger partial charge in [0.2, 0.25) is 0 Å². The van der Waals surface area contributed by atoms with E-state index in [1.54, 1.807) is 18.4 Å². The average Bonchev–Trinajstić information content (AvgIpc) is 3.36. The Morgan fingerprint density at radius 2 is 2.06 bits per heavy atom. The van der Waals surface area contributed by atoms with E-state index in [1.165, 1.54) is 0 Å². The van der Waals surface area contributed by atoms with Crippen LogP contribution >= 0.6 is 11.3 Å². The summed E-state index contributed by atoms with van der Waals surface area (Å²) in [7, 11) is 1.60. The Labute approximate surface area is 217 Å². The van der Waals surface area contributed by atoms with Crippen molar-refractivity contribution in [1.82, 2.24) is 20.3 Å². The number of hydrogen-bond donors (Lipinski definition) is 2. The first-order valence-electron chi connectivity index (χ1n) is 12.5. The predicted octanol–water partition coefficient (Wildman–Crippen LogP) is 3.43. The Morgan fingerprint density at radius 1 is 1.31 bits per heavy atom. The number of aryl methyl sites for hydroxylation is 3. The summed E-state index contributed by atoms with van der Waals surface area (Å²) < 4.78 is 4.98. The van der Waals surface area contributed by atoms with Crippen molar-refractivity contribution in [3.63, 3.8) is 0 Å². The number of rotatable bonds is 12. The zero-order valence-corrected chi connectivity index (χ0v) is 22.6. The molecule has 2 aromatic rings. The third-order valence-corrected chi connectivity index (χ3v) is 7.55. The maximum absolute atomic E-state index is 12.9. The molecule has 0 aliphatic carbocycles. The van der Waals surface area contributed by atoms with E-state index in [4.69, 9.17) is 15.3 Å². The summed E-state index contributed by atoms with van der Waals surface area (Å²) in [4.78, 5) is 38.9. The number of nitrogens with zero attached hydrogens (tertiary/aromatic N) is 3. The number of thiophene rings is 1. The number of likely N-dealkylation sites (tertiary alicyclic amines) is 1. The van der Waals surface area contributed by atoms with Crippen LogP contribution in [-0.2, 0) is 22.5 Å². The van der Waals surface area contributed by atoms with E-state index < -0.39 is 5.91 Å². The second-order valence-corrected chi connectivity index (χ2v) is 10.2. The smallest absolute Gasteiger partial charge is 0.341 e. The van der Waals surface area contributed by atoms with E-state index in [2.05, 4.69) is 33.7 Å². The van der Waals surface area contributed by atoms with Crippen molar-refractivity contribution in [2.75, 3.05) is 33.4 Å². The summed E-state index contributed by atoms with van der Waals surface area (Å²) >= 11 is 1.63. The summed E-state index contributed by atoms with van der Waals surface area (Å²) in [5, 5.41) is 4.11. The Kier molecular flexibility index (Phi) is 10.7. The van der Waals surface area contributed by atoms with Crippen molar-refractivity contribution in [1.29, 1.82) is 0 Å². The molecule has 36 heavy (non-hydrogen) atoms. The number of hydrogen-bond acceptors (Lipinski definition) is 7. The summed E-state index contributed by atoms with van der Waals surface area (Å²) in [6, 6.07) is 4.36. The van der Waals surface area contributed by atoms with Gasteiger partial charge in [0.15, 0.2) is 0 Å². The van der Waals surface area contributed by atoms with E-state index in [-0.39, 0.29) is 12.1 Å². The highest BCUT2D eigenvalue weighted by Gasteiger charge is 2.30. The summed E-state index contributed by atoms with van der Waals surface area (Å²) in [6.45, 7) is 9.14. The molecule has 1 aliphatic heterocycles. The molecular formula is C26H39N5O4S. The number of piperidine rings is 1. The zero-order valence-electron chi connectivity index (χ0n) is 21.8. The fourth-order valence-electron chi connectivity index (χ4n) is 4.83. The van der Waals surface area contributed by atoms with Crippen molar-refractivity contribution in [2.24, 2.45) is 5.73 Å². The van der Waals surface area contributed by atoms with Crippen LogP contribution in [-0.4, -0.2) is 72.2 Å². The molecule has 3 N–H and O–H groups in total. The van der Waals surface area contributed by atoms with Gasteiger partial charge in [-0.25, -0.2) is 10.3 Å². The standard InChI is InChI=1S/C26H39N5O4S/c1-18-15-22(28-20(3)24(18)25(27)32)6-5-19(2)30-10-7-23(8-11-30)31(16-21-9-14-36-17-21)26(33)29-35-13-12-34-4/h9,14-15,17,19,23H,5-8,10-13,16H2,1-4H3,(H2,27,32)(H,29,33)/t19-/m1/s1. The molecule has 3 amide bonds. The number of amides is 3. The molecule has 0 spiro atoms. The maximum Gasteiger partial charge on any atom is 0.341 e. The summed E-state index contributed by atoms with van der Waals surface area (Å²) in [6.07, 6.45) is 3.62. The van der Waals surface area contributed by atoms with Gasteiger partial charge >= 0.3 is 6.03 Å². The number of carbonyl (C=O) groups excluding carboxylic acids is 2. The number of methoxy groups -OCH3 is 1. The van der Waals surface area contributed by atoms with E-state index in [9.17, 15) is 9.59 Å². The van der Waals surface area contributed by atoms with Crippen LogP contribution in [0, 0.1) is 13.8 Å². The first kappa shape index (κ1) is 28.0. The van der Waals surface area contributed by atoms with Crippen LogP contribution in [0.25, 0.3) is 0 Å². The van der Waals surface area contributed by atoms with Gasteiger partial charge in [0.25, 0.3) is 5.91 Å². The normalized spacial score (nSPS) is 15.6. The van der Waals surface area contributed by atoms with Crippen LogP contribution in [0.5, 0.6) is 0 Å². The molecule has 198 valence electrons. The summed E-state index contributed by atoms with van der Waals surface area (Å²) in [5.41, 5.74) is 12.3. The van der Waals surface area contributed by atoms with Gasteiger partial charge in [-0.2, -0.15) is 11.3 Å². The Morgan fingerprint density at radius 3 is 2.67 bits per heavy atom. The molecular weight excluding hydrogens is 478 g/mol. The molecule has 0 unspecified atom stereocenters. The molecule has 0 radical (unpaired) electrons. The molecule has 9 nitrogen and oxygen atoms in total. The lowest BCUT2D eigenvalue weighted by Gasteiger charge is -2.40. The number of urea groups is 1. The highest BCUT2D eigenvalue weighted by Crippen LogP contribution is 2.23. The molecule has 1 saturated heterocycles. The van der Waals surface area contributed by atoms with Gasteiger partial charge in [0, 0.05) is 44.5 Å². The fourth-order valence-corrected chi connectivity index (χ4v) is 5.49. The number of primary amides is 1. The number of hydroxylamine groups is 1. The van der Waals surface area contributed by atoms with Crippen molar-refractivity contribution in [3.8, 4) is 0 Å². The Balaban J connectivity index is 1.54. The van der Waals surface area contributed by atoms with Crippen molar-refractivity contribution >= 4 is 23.3 Å². The molecule has 1 fully saturated rings. The largest absolute Gasteiger partial charge is 0.382 e. The number of nitrogens with two attached hydrogens (primary N) is 1. The van der Waals surface area contributed by atoms with Crippen LogP contribution in [0.15, 0.2) is 22.9 Å². The van der Waals surface area contributed by atoms with E-state index >= 15 is 0 Å². The average molecular weight is 518 g/mol. The topological polar surface area (TPSA) is 110 Å². The van der Waals surface area contributed by atoms with Crippen LogP contribution in [0.1, 0.15) is 59.1 Å². The van der Waals surface area contributed by atoms with Crippen LogP contribution in [0.3, 0.4) is 0 Å². The molecule has 1 aliphatic rings. The highest BCUT2D eigenvalue weighted by molar-refractivity contribution is 7.07. The molecule has 0 saturated carbocycles. The van der Waals surface area contributed by atoms with E-state index in [0.717, 1.165) is 55.6 Å². The quantitative estimate of drug-likeness (QED) is 0.330. The third-order valence-electron chi connectivity index (χ3n) is 6.82. The molecule has 3 rings (SSSR count). The van der Waals surface area contributed by atoms with Crippen LogP contribution in [0.2, 0.25) is 0 Å². The molecule has 2 aromatic heterocycles. The van der Waals surface area contributed by atoms with Crippen molar-refractivity contribution in [3.05, 3.63) is 51.0 Å². The number of aromatic nitrogens is 1. The Hall–Kier alpha value is -2.53. The van der Waals surface area contributed by atoms with Gasteiger partial charge in [-0.3, -0.25) is 14.6 Å². The highest BCUT2D eigenvalue weighted by atomic mass is 32.1. The number of nitrogens with one attached hydrogen (secondary N) is 1. The number of pyridine rings is 1. The zero-order chi connectivity index (χ0) is 26.1. The number of carbonyl (C=O) groups is 2. The van der Waals surface area contributed by atoms with E-state index in [0.29, 0.717) is 37.1 Å². The first-order valence-corrected chi connectivity index (χ1v) is 13.4. The fraction of sp³-hybridized carbons (Fsp3) is 0.577. The minimum absolute atomic E-state index is 0.146. The second-order valence-electron chi connectivity index (χ2n) is 9.42. The van der Waals surface area contributed by atoms with Crippen LogP contribution < -0.4 is 11.2 Å². The maximum atomic E-state index is 12.9. The van der Waals surface area contributed by atoms with Gasteiger partial charge in [-0.1, -0.05) is 0 Å².